The number of nitriles is 1. The van der Waals surface area contributed by atoms with Crippen LogP contribution in [0.1, 0.15) is 33.1 Å². The standard InChI is InChI=1S/C11H17N/c1-4-7-8-9-11(5-2,6-3)10-12/h5,7-8H,2,4,6,9H2,1,3H3/b8-7+. The van der Waals surface area contributed by atoms with Crippen LogP contribution in [-0.4, -0.2) is 0 Å². The SMILES string of the molecule is C=CC(C#N)(CC)C/C=C/CC. The number of hydrogen-bond acceptors (Lipinski definition) is 1. The molecule has 1 unspecified atom stereocenters. The van der Waals surface area contributed by atoms with Gasteiger partial charge < -0.3 is 0 Å². The molecule has 1 atom stereocenters. The average molecular weight is 163 g/mol. The maximum atomic E-state index is 8.92. The zero-order valence-corrected chi connectivity index (χ0v) is 8.01. The smallest absolute Gasteiger partial charge is 0.0782 e. The van der Waals surface area contributed by atoms with Crippen LogP contribution in [-0.2, 0) is 0 Å². The Kier molecular flexibility index (Phi) is 5.12. The van der Waals surface area contributed by atoms with Crippen molar-refractivity contribution in [2.24, 2.45) is 5.41 Å². The van der Waals surface area contributed by atoms with Crippen molar-refractivity contribution in [3.8, 4) is 6.07 Å². The first-order valence-corrected chi connectivity index (χ1v) is 4.44. The van der Waals surface area contributed by atoms with Crippen molar-refractivity contribution in [3.05, 3.63) is 24.8 Å². The van der Waals surface area contributed by atoms with Gasteiger partial charge in [0.1, 0.15) is 0 Å². The zero-order valence-electron chi connectivity index (χ0n) is 8.01. The molecule has 0 aliphatic carbocycles. The highest BCUT2D eigenvalue weighted by atomic mass is 14.3. The van der Waals surface area contributed by atoms with Crippen molar-refractivity contribution in [1.82, 2.24) is 0 Å². The molecular formula is C11H17N. The molecule has 0 heterocycles. The molecule has 0 amide bonds. The first-order chi connectivity index (χ1) is 5.74. The normalized spacial score (nSPS) is 15.4. The van der Waals surface area contributed by atoms with Crippen molar-refractivity contribution in [2.75, 3.05) is 0 Å². The molecule has 1 nitrogen and oxygen atoms in total. The summed E-state index contributed by atoms with van der Waals surface area (Å²) >= 11 is 0. The monoisotopic (exact) mass is 163 g/mol. The molecule has 0 bridgehead atoms. The first kappa shape index (κ1) is 11.0. The minimum Gasteiger partial charge on any atom is -0.197 e. The molecule has 0 saturated heterocycles. The zero-order chi connectivity index (χ0) is 9.45. The lowest BCUT2D eigenvalue weighted by molar-refractivity contribution is 0.496. The molecule has 0 N–H and O–H groups in total. The Hall–Kier alpha value is -1.03. The topological polar surface area (TPSA) is 23.8 Å². The van der Waals surface area contributed by atoms with Gasteiger partial charge >= 0.3 is 0 Å². The third kappa shape index (κ3) is 2.92. The van der Waals surface area contributed by atoms with E-state index in [-0.39, 0.29) is 5.41 Å². The largest absolute Gasteiger partial charge is 0.197 e. The van der Waals surface area contributed by atoms with Gasteiger partial charge in [0.05, 0.1) is 11.5 Å². The Morgan fingerprint density at radius 3 is 2.42 bits per heavy atom. The van der Waals surface area contributed by atoms with Crippen molar-refractivity contribution >= 4 is 0 Å². The van der Waals surface area contributed by atoms with Gasteiger partial charge in [-0.05, 0) is 19.3 Å². The van der Waals surface area contributed by atoms with Crippen molar-refractivity contribution in [3.63, 3.8) is 0 Å². The second kappa shape index (κ2) is 5.60. The van der Waals surface area contributed by atoms with E-state index in [0.29, 0.717) is 0 Å². The molecule has 0 radical (unpaired) electrons. The van der Waals surface area contributed by atoms with Gasteiger partial charge in [-0.1, -0.05) is 32.1 Å². The van der Waals surface area contributed by atoms with Gasteiger partial charge in [0.15, 0.2) is 0 Å². The van der Waals surface area contributed by atoms with Crippen molar-refractivity contribution in [1.29, 1.82) is 5.26 Å². The van der Waals surface area contributed by atoms with Crippen LogP contribution in [0.5, 0.6) is 0 Å². The summed E-state index contributed by atoms with van der Waals surface area (Å²) in [7, 11) is 0. The summed E-state index contributed by atoms with van der Waals surface area (Å²) in [5, 5.41) is 8.92. The second-order valence-corrected chi connectivity index (χ2v) is 2.91. The first-order valence-electron chi connectivity index (χ1n) is 4.44. The van der Waals surface area contributed by atoms with Gasteiger partial charge in [-0.25, -0.2) is 0 Å². The van der Waals surface area contributed by atoms with E-state index < -0.39 is 0 Å². The quantitative estimate of drug-likeness (QED) is 0.569. The van der Waals surface area contributed by atoms with Crippen LogP contribution in [0, 0.1) is 16.7 Å². The molecule has 0 rings (SSSR count). The summed E-state index contributed by atoms with van der Waals surface area (Å²) in [5.74, 6) is 0. The van der Waals surface area contributed by atoms with Crippen molar-refractivity contribution < 1.29 is 0 Å². The maximum Gasteiger partial charge on any atom is 0.0782 e. The van der Waals surface area contributed by atoms with Crippen LogP contribution in [0.3, 0.4) is 0 Å². The highest BCUT2D eigenvalue weighted by Crippen LogP contribution is 2.27. The minimum absolute atomic E-state index is 0.342. The Labute approximate surface area is 75.4 Å². The summed E-state index contributed by atoms with van der Waals surface area (Å²) in [6, 6.07) is 2.30. The molecule has 0 aliphatic rings. The molecule has 0 aromatic carbocycles. The fourth-order valence-electron chi connectivity index (χ4n) is 1.00. The van der Waals surface area contributed by atoms with Gasteiger partial charge in [-0.3, -0.25) is 0 Å². The summed E-state index contributed by atoms with van der Waals surface area (Å²) in [4.78, 5) is 0. The van der Waals surface area contributed by atoms with Crippen LogP contribution < -0.4 is 0 Å². The van der Waals surface area contributed by atoms with Gasteiger partial charge in [-0.2, -0.15) is 5.26 Å². The van der Waals surface area contributed by atoms with Crippen LogP contribution in [0.4, 0.5) is 0 Å². The molecule has 0 saturated carbocycles. The van der Waals surface area contributed by atoms with E-state index >= 15 is 0 Å². The Morgan fingerprint density at radius 1 is 1.42 bits per heavy atom. The van der Waals surface area contributed by atoms with Crippen LogP contribution in [0.2, 0.25) is 0 Å². The second-order valence-electron chi connectivity index (χ2n) is 2.91. The summed E-state index contributed by atoms with van der Waals surface area (Å²) in [6.07, 6.45) is 8.56. The molecule has 0 aliphatic heterocycles. The summed E-state index contributed by atoms with van der Waals surface area (Å²) in [6.45, 7) is 7.80. The number of rotatable bonds is 5. The summed E-state index contributed by atoms with van der Waals surface area (Å²) < 4.78 is 0. The molecule has 12 heavy (non-hydrogen) atoms. The minimum atomic E-state index is -0.342. The fraction of sp³-hybridized carbons (Fsp3) is 0.545. The lowest BCUT2D eigenvalue weighted by atomic mass is 9.83. The molecular weight excluding hydrogens is 146 g/mol. The van der Waals surface area contributed by atoms with Crippen molar-refractivity contribution in [2.45, 2.75) is 33.1 Å². The average Bonchev–Trinajstić information content (AvgIpc) is 2.14. The molecule has 0 aromatic heterocycles. The maximum absolute atomic E-state index is 8.92. The predicted octanol–water partition coefficient (Wildman–Crippen LogP) is 3.45. The van der Waals surface area contributed by atoms with E-state index in [1.165, 1.54) is 0 Å². The highest BCUT2D eigenvalue weighted by Gasteiger charge is 2.21. The van der Waals surface area contributed by atoms with E-state index in [1.54, 1.807) is 6.08 Å². The number of nitrogens with zero attached hydrogens (tertiary/aromatic N) is 1. The molecule has 66 valence electrons. The molecule has 1 heteroatoms. The van der Waals surface area contributed by atoms with Crippen LogP contribution in [0.25, 0.3) is 0 Å². The Morgan fingerprint density at radius 2 is 2.08 bits per heavy atom. The highest BCUT2D eigenvalue weighted by molar-refractivity contribution is 5.12. The van der Waals surface area contributed by atoms with E-state index in [4.69, 9.17) is 5.26 Å². The summed E-state index contributed by atoms with van der Waals surface area (Å²) in [5.41, 5.74) is -0.342. The molecule has 0 aromatic rings. The van der Waals surface area contributed by atoms with Gasteiger partial charge in [0.25, 0.3) is 0 Å². The molecule has 0 spiro atoms. The van der Waals surface area contributed by atoms with Crippen LogP contribution >= 0.6 is 0 Å². The third-order valence-corrected chi connectivity index (χ3v) is 2.13. The third-order valence-electron chi connectivity index (χ3n) is 2.13. The van der Waals surface area contributed by atoms with Gasteiger partial charge in [0.2, 0.25) is 0 Å². The Bertz CT molecular complexity index is 198. The van der Waals surface area contributed by atoms with E-state index in [1.807, 2.05) is 6.92 Å². The van der Waals surface area contributed by atoms with Gasteiger partial charge in [0, 0.05) is 0 Å². The van der Waals surface area contributed by atoms with Gasteiger partial charge in [-0.15, -0.1) is 6.58 Å². The van der Waals surface area contributed by atoms with E-state index in [2.05, 4.69) is 31.7 Å². The predicted molar refractivity (Wildman–Crippen MR) is 52.6 cm³/mol. The fourth-order valence-corrected chi connectivity index (χ4v) is 1.00. The van der Waals surface area contributed by atoms with E-state index in [9.17, 15) is 0 Å². The van der Waals surface area contributed by atoms with E-state index in [0.717, 1.165) is 19.3 Å². The molecule has 0 fully saturated rings. The number of hydrogen-bond donors (Lipinski definition) is 0. The van der Waals surface area contributed by atoms with Crippen LogP contribution in [0.15, 0.2) is 24.8 Å². The lowest BCUT2D eigenvalue weighted by Gasteiger charge is -2.17. The Balaban J connectivity index is 4.23. The lowest BCUT2D eigenvalue weighted by Crippen LogP contribution is -2.12. The number of allylic oxidation sites excluding steroid dienone is 3.